The third-order valence-corrected chi connectivity index (χ3v) is 4.49. The lowest BCUT2D eigenvalue weighted by Gasteiger charge is -2.24. The number of benzene rings is 3. The fraction of sp³-hybridized carbons (Fsp3) is 0.200. The number of esters is 1. The van der Waals surface area contributed by atoms with Gasteiger partial charge in [-0.3, -0.25) is 4.79 Å². The summed E-state index contributed by atoms with van der Waals surface area (Å²) in [6.45, 7) is 3.18. The van der Waals surface area contributed by atoms with Crippen LogP contribution < -0.4 is 9.64 Å². The Labute approximate surface area is 177 Å². The number of hydrogen-bond donors (Lipinski definition) is 0. The zero-order chi connectivity index (χ0) is 21.2. The molecule has 0 spiro atoms. The maximum Gasteiger partial charge on any atom is 0.325 e. The van der Waals surface area contributed by atoms with E-state index in [0.29, 0.717) is 25.3 Å². The lowest BCUT2D eigenvalue weighted by Crippen LogP contribution is -2.30. The minimum Gasteiger partial charge on any atom is -0.489 e. The molecule has 30 heavy (non-hydrogen) atoms. The van der Waals surface area contributed by atoms with Crippen LogP contribution >= 0.6 is 0 Å². The first-order valence-electron chi connectivity index (χ1n) is 9.84. The second-order valence-electron chi connectivity index (χ2n) is 6.74. The quantitative estimate of drug-likeness (QED) is 0.487. The Morgan fingerprint density at radius 2 is 1.73 bits per heavy atom. The molecule has 0 heterocycles. The third-order valence-electron chi connectivity index (χ3n) is 4.49. The first kappa shape index (κ1) is 20.9. The molecular formula is C25H24N2O3. The van der Waals surface area contributed by atoms with Gasteiger partial charge in [0.25, 0.3) is 0 Å². The summed E-state index contributed by atoms with van der Waals surface area (Å²) < 4.78 is 11.1. The highest BCUT2D eigenvalue weighted by molar-refractivity contribution is 5.76. The Bertz CT molecular complexity index is 1010. The summed E-state index contributed by atoms with van der Waals surface area (Å²) in [5, 5.41) is 9.21. The largest absolute Gasteiger partial charge is 0.489 e. The van der Waals surface area contributed by atoms with Crippen LogP contribution in [0.4, 0.5) is 5.69 Å². The predicted molar refractivity (Wildman–Crippen MR) is 116 cm³/mol. The molecule has 5 nitrogen and oxygen atoms in total. The van der Waals surface area contributed by atoms with Gasteiger partial charge in [-0.05, 0) is 48.4 Å². The second-order valence-corrected chi connectivity index (χ2v) is 6.74. The molecule has 3 rings (SSSR count). The van der Waals surface area contributed by atoms with Crippen LogP contribution in [0.25, 0.3) is 0 Å². The van der Waals surface area contributed by atoms with Gasteiger partial charge in [-0.25, -0.2) is 0 Å². The molecule has 0 unspecified atom stereocenters. The van der Waals surface area contributed by atoms with Gasteiger partial charge in [-0.15, -0.1) is 0 Å². The maximum absolute atomic E-state index is 12.1. The summed E-state index contributed by atoms with van der Waals surface area (Å²) in [4.78, 5) is 14.0. The molecular weight excluding hydrogens is 376 g/mol. The number of carbonyl (C=O) groups excluding carboxylic acids is 1. The van der Waals surface area contributed by atoms with Crippen LogP contribution in [0, 0.1) is 11.3 Å². The molecule has 0 aromatic heterocycles. The molecule has 3 aromatic rings. The SMILES string of the molecule is CCOC(=O)CN(Cc1cccc(OCc2ccccc2)c1)c1cccc(C#N)c1. The van der Waals surface area contributed by atoms with E-state index in [2.05, 4.69) is 6.07 Å². The molecule has 0 N–H and O–H groups in total. The molecule has 0 radical (unpaired) electrons. The van der Waals surface area contributed by atoms with Crippen molar-refractivity contribution in [2.45, 2.75) is 20.1 Å². The molecule has 3 aromatic carbocycles. The summed E-state index contributed by atoms with van der Waals surface area (Å²) in [7, 11) is 0. The normalized spacial score (nSPS) is 10.1. The van der Waals surface area contributed by atoms with E-state index in [1.54, 1.807) is 19.1 Å². The van der Waals surface area contributed by atoms with E-state index >= 15 is 0 Å². The van der Waals surface area contributed by atoms with E-state index < -0.39 is 0 Å². The van der Waals surface area contributed by atoms with Crippen molar-refractivity contribution in [1.29, 1.82) is 5.26 Å². The molecule has 0 saturated heterocycles. The van der Waals surface area contributed by atoms with Gasteiger partial charge < -0.3 is 14.4 Å². The van der Waals surface area contributed by atoms with Crippen LogP contribution in [-0.2, 0) is 22.7 Å². The first-order valence-corrected chi connectivity index (χ1v) is 9.84. The van der Waals surface area contributed by atoms with Crippen LogP contribution in [0.3, 0.4) is 0 Å². The van der Waals surface area contributed by atoms with E-state index in [9.17, 15) is 10.1 Å². The zero-order valence-electron chi connectivity index (χ0n) is 17.0. The van der Waals surface area contributed by atoms with Gasteiger partial charge in [0.05, 0.1) is 18.2 Å². The number of hydrogen-bond acceptors (Lipinski definition) is 5. The van der Waals surface area contributed by atoms with E-state index in [1.807, 2.05) is 71.6 Å². The van der Waals surface area contributed by atoms with Gasteiger partial charge in [-0.1, -0.05) is 48.5 Å². The highest BCUT2D eigenvalue weighted by atomic mass is 16.5. The number of carbonyl (C=O) groups is 1. The molecule has 0 aliphatic rings. The molecule has 0 aliphatic carbocycles. The molecule has 0 atom stereocenters. The van der Waals surface area contributed by atoms with Gasteiger partial charge in [0, 0.05) is 12.2 Å². The van der Waals surface area contributed by atoms with E-state index in [0.717, 1.165) is 22.6 Å². The van der Waals surface area contributed by atoms with Crippen molar-refractivity contribution < 1.29 is 14.3 Å². The molecule has 5 heteroatoms. The number of nitrogens with zero attached hydrogens (tertiary/aromatic N) is 2. The molecule has 152 valence electrons. The average molecular weight is 400 g/mol. The Balaban J connectivity index is 1.76. The lowest BCUT2D eigenvalue weighted by atomic mass is 10.1. The number of nitriles is 1. The third kappa shape index (κ3) is 6.11. The Kier molecular flexibility index (Phi) is 7.45. The van der Waals surface area contributed by atoms with Crippen molar-refractivity contribution in [1.82, 2.24) is 0 Å². The monoisotopic (exact) mass is 400 g/mol. The van der Waals surface area contributed by atoms with E-state index in [1.165, 1.54) is 0 Å². The summed E-state index contributed by atoms with van der Waals surface area (Å²) in [6, 6.07) is 27.1. The smallest absolute Gasteiger partial charge is 0.325 e. The van der Waals surface area contributed by atoms with Gasteiger partial charge in [0.2, 0.25) is 0 Å². The van der Waals surface area contributed by atoms with Crippen molar-refractivity contribution in [2.75, 3.05) is 18.1 Å². The van der Waals surface area contributed by atoms with Gasteiger partial charge >= 0.3 is 5.97 Å². The van der Waals surface area contributed by atoms with Gasteiger partial charge in [0.15, 0.2) is 0 Å². The van der Waals surface area contributed by atoms with Crippen molar-refractivity contribution in [3.8, 4) is 11.8 Å². The highest BCUT2D eigenvalue weighted by Gasteiger charge is 2.14. The Hall–Kier alpha value is -3.78. The molecule has 0 fully saturated rings. The standard InChI is InChI=1S/C25H24N2O3/c1-2-29-25(28)18-27(23-12-6-10-21(14-23)16-26)17-22-11-7-13-24(15-22)30-19-20-8-4-3-5-9-20/h3-15H,2,17-19H2,1H3. The highest BCUT2D eigenvalue weighted by Crippen LogP contribution is 2.21. The predicted octanol–water partition coefficient (Wildman–Crippen LogP) is 4.71. The van der Waals surface area contributed by atoms with E-state index in [-0.39, 0.29) is 12.5 Å². The van der Waals surface area contributed by atoms with Gasteiger partial charge in [-0.2, -0.15) is 5.26 Å². The van der Waals surface area contributed by atoms with Crippen molar-refractivity contribution in [3.05, 3.63) is 95.6 Å². The summed E-state index contributed by atoms with van der Waals surface area (Å²) in [5.41, 5.74) is 3.42. The zero-order valence-corrected chi connectivity index (χ0v) is 17.0. The van der Waals surface area contributed by atoms with Gasteiger partial charge in [0.1, 0.15) is 18.9 Å². The second kappa shape index (κ2) is 10.7. The summed E-state index contributed by atoms with van der Waals surface area (Å²) in [6.07, 6.45) is 0. The minimum absolute atomic E-state index is 0.0951. The molecule has 0 amide bonds. The fourth-order valence-corrected chi connectivity index (χ4v) is 3.07. The van der Waals surface area contributed by atoms with Crippen LogP contribution in [0.1, 0.15) is 23.6 Å². The number of rotatable bonds is 9. The van der Waals surface area contributed by atoms with Crippen molar-refractivity contribution in [2.24, 2.45) is 0 Å². The summed E-state index contributed by atoms with van der Waals surface area (Å²) >= 11 is 0. The van der Waals surface area contributed by atoms with Crippen LogP contribution in [-0.4, -0.2) is 19.1 Å². The number of ether oxygens (including phenoxy) is 2. The lowest BCUT2D eigenvalue weighted by molar-refractivity contribution is -0.141. The van der Waals surface area contributed by atoms with Crippen molar-refractivity contribution in [3.63, 3.8) is 0 Å². The van der Waals surface area contributed by atoms with Crippen LogP contribution in [0.5, 0.6) is 5.75 Å². The summed E-state index contributed by atoms with van der Waals surface area (Å²) in [5.74, 6) is 0.453. The van der Waals surface area contributed by atoms with Crippen LogP contribution in [0.15, 0.2) is 78.9 Å². The fourth-order valence-electron chi connectivity index (χ4n) is 3.07. The van der Waals surface area contributed by atoms with E-state index in [4.69, 9.17) is 9.47 Å². The average Bonchev–Trinajstić information content (AvgIpc) is 2.78. The Morgan fingerprint density at radius 1 is 0.967 bits per heavy atom. The van der Waals surface area contributed by atoms with Crippen molar-refractivity contribution >= 4 is 11.7 Å². The first-order chi connectivity index (χ1) is 14.7. The number of anilines is 1. The van der Waals surface area contributed by atoms with Crippen LogP contribution in [0.2, 0.25) is 0 Å². The molecule has 0 saturated carbocycles. The minimum atomic E-state index is -0.309. The topological polar surface area (TPSA) is 62.6 Å². The Morgan fingerprint density at radius 3 is 2.50 bits per heavy atom. The molecule has 0 aliphatic heterocycles. The molecule has 0 bridgehead atoms. The maximum atomic E-state index is 12.1.